The van der Waals surface area contributed by atoms with E-state index in [1.165, 1.54) is 123 Å². The summed E-state index contributed by atoms with van der Waals surface area (Å²) in [6.45, 7) is 36.3. The third-order valence-corrected chi connectivity index (χ3v) is 16.4. The lowest BCUT2D eigenvalue weighted by Crippen LogP contribution is -2.54. The van der Waals surface area contributed by atoms with Crippen LogP contribution in [0.5, 0.6) is 0 Å². The maximum absolute atomic E-state index is 2.78. The molecule has 1 heterocycles. The Morgan fingerprint density at radius 2 is 1.16 bits per heavy atom. The Balaban J connectivity index is 1.33. The fourth-order valence-corrected chi connectivity index (χ4v) is 12.1. The molecule has 4 aliphatic rings. The van der Waals surface area contributed by atoms with E-state index in [4.69, 9.17) is 0 Å². The minimum absolute atomic E-state index is 0.000150. The van der Waals surface area contributed by atoms with Crippen molar-refractivity contribution in [2.75, 3.05) is 9.80 Å². The van der Waals surface area contributed by atoms with E-state index in [1.807, 2.05) is 0 Å². The smallest absolute Gasteiger partial charge is 0.0540 e. The van der Waals surface area contributed by atoms with Crippen molar-refractivity contribution in [2.45, 2.75) is 180 Å². The van der Waals surface area contributed by atoms with Crippen LogP contribution in [0.1, 0.15) is 180 Å². The summed E-state index contributed by atoms with van der Waals surface area (Å²) in [4.78, 5) is 5.44. The molecule has 0 bridgehead atoms. The Labute approximate surface area is 375 Å². The minimum Gasteiger partial charge on any atom is -0.334 e. The number of rotatable bonds is 5. The number of allylic oxidation sites excluding steroid dienone is 1. The topological polar surface area (TPSA) is 6.48 Å². The molecule has 0 saturated heterocycles. The second-order valence-electron chi connectivity index (χ2n) is 24.3. The van der Waals surface area contributed by atoms with E-state index in [0.29, 0.717) is 0 Å². The minimum atomic E-state index is -0.156. The molecule has 2 unspecified atom stereocenters. The summed E-state index contributed by atoms with van der Waals surface area (Å²) < 4.78 is 0. The van der Waals surface area contributed by atoms with Gasteiger partial charge in [0.15, 0.2) is 0 Å². The summed E-state index contributed by atoms with van der Waals surface area (Å²) in [5.74, 6) is 0. The molecule has 5 aromatic rings. The monoisotopic (exact) mass is 823 g/mol. The average Bonchev–Trinajstić information content (AvgIpc) is 3.58. The van der Waals surface area contributed by atoms with Crippen LogP contribution in [0.15, 0.2) is 103 Å². The van der Waals surface area contributed by atoms with Crippen molar-refractivity contribution in [3.63, 3.8) is 0 Å². The predicted molar refractivity (Wildman–Crippen MR) is 268 cm³/mol. The molecular weight excluding hydrogens is 749 g/mol. The first-order valence-electron chi connectivity index (χ1n) is 23.9. The van der Waals surface area contributed by atoms with Crippen LogP contribution < -0.4 is 9.80 Å². The molecule has 5 aromatic carbocycles. The number of aryl methyl sites for hydroxylation is 1. The van der Waals surface area contributed by atoms with Gasteiger partial charge in [-0.15, -0.1) is 0 Å². The normalized spacial score (nSPS) is 23.3. The fourth-order valence-electron chi connectivity index (χ4n) is 12.1. The van der Waals surface area contributed by atoms with Crippen LogP contribution in [-0.4, -0.2) is 5.54 Å². The molecule has 0 N–H and O–H groups in total. The maximum atomic E-state index is 2.78. The lowest BCUT2D eigenvalue weighted by Gasteiger charge is -2.50. The summed E-state index contributed by atoms with van der Waals surface area (Å²) >= 11 is 0. The quantitative estimate of drug-likeness (QED) is 0.174. The predicted octanol–water partition coefficient (Wildman–Crippen LogP) is 16.8. The van der Waals surface area contributed by atoms with Gasteiger partial charge in [-0.1, -0.05) is 157 Å². The van der Waals surface area contributed by atoms with Gasteiger partial charge >= 0.3 is 0 Å². The van der Waals surface area contributed by atoms with Crippen molar-refractivity contribution in [1.82, 2.24) is 0 Å². The van der Waals surface area contributed by atoms with Gasteiger partial charge in [0.2, 0.25) is 0 Å². The molecule has 0 radical (unpaired) electrons. The summed E-state index contributed by atoms with van der Waals surface area (Å²) in [5.41, 5.74) is 20.5. The van der Waals surface area contributed by atoms with Crippen LogP contribution >= 0.6 is 0 Å². The SMILES string of the molecule is Cc1cc(N(C2=CC(C)(C)c3cc4c(cc32)C(C)(C)CCC4(C)C)c2ccc(C(C)(C)C)cc2-c2ccccc2)cc(N2c3ccc(C(C)(C)C)cc3C3(C)CCCCC23C)c1. The summed E-state index contributed by atoms with van der Waals surface area (Å²) in [6, 6.07) is 38.6. The Bertz CT molecular complexity index is 2620. The number of fused-ring (bicyclic) bond motifs is 5. The van der Waals surface area contributed by atoms with Crippen LogP contribution in [0.25, 0.3) is 16.8 Å². The number of anilines is 4. The van der Waals surface area contributed by atoms with E-state index in [1.54, 1.807) is 0 Å². The highest BCUT2D eigenvalue weighted by molar-refractivity contribution is 5.98. The molecule has 2 heteroatoms. The lowest BCUT2D eigenvalue weighted by atomic mass is 9.61. The zero-order chi connectivity index (χ0) is 44.6. The van der Waals surface area contributed by atoms with E-state index in [0.717, 1.165) is 0 Å². The van der Waals surface area contributed by atoms with Crippen molar-refractivity contribution in [2.24, 2.45) is 0 Å². The zero-order valence-electron chi connectivity index (χ0n) is 41.0. The molecule has 0 spiro atoms. The Hall–Kier alpha value is -4.56. The molecule has 2 atom stereocenters. The van der Waals surface area contributed by atoms with Gasteiger partial charge in [-0.05, 0) is 154 Å². The second-order valence-corrected chi connectivity index (χ2v) is 24.3. The second kappa shape index (κ2) is 14.0. The van der Waals surface area contributed by atoms with Crippen molar-refractivity contribution in [3.05, 3.63) is 148 Å². The van der Waals surface area contributed by atoms with Crippen LogP contribution in [0.2, 0.25) is 0 Å². The van der Waals surface area contributed by atoms with E-state index in [9.17, 15) is 0 Å². The molecule has 62 heavy (non-hydrogen) atoms. The van der Waals surface area contributed by atoms with Gasteiger partial charge in [-0.3, -0.25) is 0 Å². The van der Waals surface area contributed by atoms with Crippen LogP contribution in [0.3, 0.4) is 0 Å². The standard InChI is InChI=1S/C60H74N2/c1-39-31-43(35-44(32-39)62-52-26-24-42(55(5,6)7)34-50(52)59(14)27-19-20-28-60(59,62)15)61(51-25-23-41(54(2,3)4)33-45(51)40-21-17-16-18-22-40)53-38-58(12,13)47-37-49-48(36-46(47)53)56(8,9)29-30-57(49,10)11/h16-18,21-26,31-38H,19-20,27-30H2,1-15H3. The van der Waals surface area contributed by atoms with Gasteiger partial charge in [0.1, 0.15) is 0 Å². The largest absolute Gasteiger partial charge is 0.334 e. The Morgan fingerprint density at radius 3 is 1.82 bits per heavy atom. The molecule has 1 fully saturated rings. The highest BCUT2D eigenvalue weighted by atomic mass is 15.3. The van der Waals surface area contributed by atoms with Crippen LogP contribution in [0, 0.1) is 6.92 Å². The third kappa shape index (κ3) is 6.63. The lowest BCUT2D eigenvalue weighted by molar-refractivity contribution is 0.195. The van der Waals surface area contributed by atoms with Gasteiger partial charge < -0.3 is 9.80 Å². The van der Waals surface area contributed by atoms with E-state index in [2.05, 4.69) is 217 Å². The summed E-state index contributed by atoms with van der Waals surface area (Å²) in [6.07, 6.45) is 9.91. The van der Waals surface area contributed by atoms with Gasteiger partial charge in [0, 0.05) is 39.0 Å². The Kier molecular flexibility index (Phi) is 9.63. The average molecular weight is 823 g/mol. The number of nitrogens with zero attached hydrogens (tertiary/aromatic N) is 2. The molecule has 0 aromatic heterocycles. The number of benzene rings is 5. The number of hydrogen-bond acceptors (Lipinski definition) is 2. The van der Waals surface area contributed by atoms with E-state index < -0.39 is 0 Å². The first kappa shape index (κ1) is 42.7. The zero-order valence-corrected chi connectivity index (χ0v) is 41.0. The van der Waals surface area contributed by atoms with Crippen LogP contribution in [0.4, 0.5) is 22.7 Å². The molecule has 2 nitrogen and oxygen atoms in total. The summed E-state index contributed by atoms with van der Waals surface area (Å²) in [7, 11) is 0. The first-order chi connectivity index (χ1) is 28.9. The van der Waals surface area contributed by atoms with Gasteiger partial charge in [-0.25, -0.2) is 0 Å². The molecule has 0 amide bonds. The Morgan fingerprint density at radius 1 is 0.548 bits per heavy atom. The van der Waals surface area contributed by atoms with Gasteiger partial charge in [0.05, 0.1) is 16.9 Å². The molecule has 1 saturated carbocycles. The van der Waals surface area contributed by atoms with Gasteiger partial charge in [0.25, 0.3) is 0 Å². The van der Waals surface area contributed by atoms with Crippen LogP contribution in [-0.2, 0) is 32.5 Å². The summed E-state index contributed by atoms with van der Waals surface area (Å²) in [5, 5.41) is 0. The van der Waals surface area contributed by atoms with Crippen molar-refractivity contribution >= 4 is 28.4 Å². The highest BCUT2D eigenvalue weighted by Crippen LogP contribution is 2.62. The maximum Gasteiger partial charge on any atom is 0.0540 e. The molecule has 9 rings (SSSR count). The number of hydrogen-bond donors (Lipinski definition) is 0. The van der Waals surface area contributed by atoms with Crippen molar-refractivity contribution in [1.29, 1.82) is 0 Å². The van der Waals surface area contributed by atoms with E-state index in [-0.39, 0.29) is 38.0 Å². The molecule has 324 valence electrons. The molecule has 3 aliphatic carbocycles. The molecule has 1 aliphatic heterocycles. The molecular formula is C60H74N2. The van der Waals surface area contributed by atoms with E-state index >= 15 is 0 Å². The fraction of sp³-hybridized carbons (Fsp3) is 0.467. The van der Waals surface area contributed by atoms with Gasteiger partial charge in [-0.2, -0.15) is 0 Å². The highest BCUT2D eigenvalue weighted by Gasteiger charge is 2.58. The first-order valence-corrected chi connectivity index (χ1v) is 23.9. The third-order valence-electron chi connectivity index (χ3n) is 16.4. The van der Waals surface area contributed by atoms with Crippen molar-refractivity contribution < 1.29 is 0 Å². The van der Waals surface area contributed by atoms with Crippen molar-refractivity contribution in [3.8, 4) is 11.1 Å².